The molecular weight excluding hydrogens is 332 g/mol. The van der Waals surface area contributed by atoms with Crippen LogP contribution in [0, 0.1) is 5.41 Å². The molecule has 0 saturated heterocycles. The predicted octanol–water partition coefficient (Wildman–Crippen LogP) is 4.37. The number of hydrogen-bond acceptors (Lipinski definition) is 2. The Balaban J connectivity index is 1.93. The SMILES string of the molecule is N=C(N)c1cc(Br)ccc1Sc1ccc2c(c1)CCC2. The van der Waals surface area contributed by atoms with E-state index in [1.807, 2.05) is 18.2 Å². The molecule has 0 heterocycles. The van der Waals surface area contributed by atoms with Crippen LogP contribution in [0.1, 0.15) is 23.1 Å². The molecule has 1 aliphatic carbocycles. The van der Waals surface area contributed by atoms with Crippen LogP contribution in [0.3, 0.4) is 0 Å². The molecule has 0 amide bonds. The fourth-order valence-corrected chi connectivity index (χ4v) is 3.91. The standard InChI is InChI=1S/C16H15BrN2S/c17-12-5-7-15(14(9-12)16(18)19)20-13-6-4-10-2-1-3-11(10)8-13/h4-9H,1-3H2,(H3,18,19). The molecule has 0 bridgehead atoms. The molecule has 0 unspecified atom stereocenters. The maximum Gasteiger partial charge on any atom is 0.123 e. The highest BCUT2D eigenvalue weighted by Gasteiger charge is 2.13. The van der Waals surface area contributed by atoms with E-state index in [9.17, 15) is 0 Å². The van der Waals surface area contributed by atoms with Crippen LogP contribution in [-0.4, -0.2) is 5.84 Å². The first-order valence-corrected chi connectivity index (χ1v) is 8.18. The number of rotatable bonds is 3. The Kier molecular flexibility index (Phi) is 3.85. The fourth-order valence-electron chi connectivity index (χ4n) is 2.54. The fraction of sp³-hybridized carbons (Fsp3) is 0.188. The van der Waals surface area contributed by atoms with Gasteiger partial charge in [0.05, 0.1) is 0 Å². The number of nitrogens with one attached hydrogen (secondary N) is 1. The van der Waals surface area contributed by atoms with Crippen molar-refractivity contribution in [3.05, 3.63) is 57.6 Å². The Hall–Kier alpha value is -1.26. The molecule has 3 N–H and O–H groups in total. The minimum Gasteiger partial charge on any atom is -0.384 e. The van der Waals surface area contributed by atoms with E-state index < -0.39 is 0 Å². The molecule has 4 heteroatoms. The van der Waals surface area contributed by atoms with Crippen LogP contribution in [0.5, 0.6) is 0 Å². The predicted molar refractivity (Wildman–Crippen MR) is 87.7 cm³/mol. The number of amidine groups is 1. The van der Waals surface area contributed by atoms with E-state index in [-0.39, 0.29) is 5.84 Å². The topological polar surface area (TPSA) is 49.9 Å². The van der Waals surface area contributed by atoms with Crippen LogP contribution in [0.25, 0.3) is 0 Å². The first-order valence-electron chi connectivity index (χ1n) is 6.57. The lowest BCUT2D eigenvalue weighted by molar-refractivity contribution is 0.911. The lowest BCUT2D eigenvalue weighted by Crippen LogP contribution is -2.12. The third-order valence-electron chi connectivity index (χ3n) is 3.53. The Bertz CT molecular complexity index is 682. The molecule has 2 nitrogen and oxygen atoms in total. The maximum atomic E-state index is 7.70. The van der Waals surface area contributed by atoms with Crippen LogP contribution in [-0.2, 0) is 12.8 Å². The zero-order chi connectivity index (χ0) is 14.1. The van der Waals surface area contributed by atoms with Crippen LogP contribution in [0.4, 0.5) is 0 Å². The van der Waals surface area contributed by atoms with Gasteiger partial charge in [-0.3, -0.25) is 5.41 Å². The molecule has 1 aliphatic rings. The molecule has 0 spiro atoms. The van der Waals surface area contributed by atoms with Gasteiger partial charge in [-0.2, -0.15) is 0 Å². The minimum atomic E-state index is 0.106. The Morgan fingerprint density at radius 3 is 2.70 bits per heavy atom. The van der Waals surface area contributed by atoms with Gasteiger partial charge >= 0.3 is 0 Å². The average molecular weight is 347 g/mol. The summed E-state index contributed by atoms with van der Waals surface area (Å²) in [5, 5.41) is 7.70. The second-order valence-electron chi connectivity index (χ2n) is 4.94. The van der Waals surface area contributed by atoms with Crippen molar-refractivity contribution in [3.8, 4) is 0 Å². The normalized spacial score (nSPS) is 13.2. The highest BCUT2D eigenvalue weighted by molar-refractivity contribution is 9.10. The molecule has 20 heavy (non-hydrogen) atoms. The summed E-state index contributed by atoms with van der Waals surface area (Å²) in [5.41, 5.74) is 9.41. The van der Waals surface area contributed by atoms with E-state index in [0.29, 0.717) is 0 Å². The Morgan fingerprint density at radius 1 is 1.10 bits per heavy atom. The maximum absolute atomic E-state index is 7.70. The van der Waals surface area contributed by atoms with Gasteiger partial charge in [0.2, 0.25) is 0 Å². The van der Waals surface area contributed by atoms with Gasteiger partial charge in [0.15, 0.2) is 0 Å². The number of hydrogen-bond donors (Lipinski definition) is 2. The van der Waals surface area contributed by atoms with Gasteiger partial charge in [-0.15, -0.1) is 0 Å². The van der Waals surface area contributed by atoms with Crippen molar-refractivity contribution in [2.45, 2.75) is 29.1 Å². The zero-order valence-corrected chi connectivity index (χ0v) is 13.4. The molecule has 102 valence electrons. The van der Waals surface area contributed by atoms with Gasteiger partial charge < -0.3 is 5.73 Å². The van der Waals surface area contributed by atoms with Crippen LogP contribution in [0.15, 0.2) is 50.7 Å². The average Bonchev–Trinajstić information content (AvgIpc) is 2.88. The van der Waals surface area contributed by atoms with E-state index in [0.717, 1.165) is 14.9 Å². The first-order chi connectivity index (χ1) is 9.63. The van der Waals surface area contributed by atoms with Crippen molar-refractivity contribution in [3.63, 3.8) is 0 Å². The van der Waals surface area contributed by atoms with Crippen LogP contribution >= 0.6 is 27.7 Å². The van der Waals surface area contributed by atoms with Crippen molar-refractivity contribution < 1.29 is 0 Å². The van der Waals surface area contributed by atoms with Gasteiger partial charge in [0.1, 0.15) is 5.84 Å². The highest BCUT2D eigenvalue weighted by atomic mass is 79.9. The minimum absolute atomic E-state index is 0.106. The van der Waals surface area contributed by atoms with Crippen LogP contribution < -0.4 is 5.73 Å². The second-order valence-corrected chi connectivity index (χ2v) is 6.97. The molecule has 2 aromatic carbocycles. The third kappa shape index (κ3) is 2.76. The van der Waals surface area contributed by atoms with E-state index in [4.69, 9.17) is 11.1 Å². The number of fused-ring (bicyclic) bond motifs is 1. The van der Waals surface area contributed by atoms with E-state index in [1.54, 1.807) is 11.8 Å². The number of benzene rings is 2. The summed E-state index contributed by atoms with van der Waals surface area (Å²) in [4.78, 5) is 2.24. The second kappa shape index (κ2) is 5.62. The number of nitrogen functional groups attached to an aromatic ring is 1. The summed E-state index contributed by atoms with van der Waals surface area (Å²) < 4.78 is 0.945. The van der Waals surface area contributed by atoms with Crippen molar-refractivity contribution in [2.24, 2.45) is 5.73 Å². The summed E-state index contributed by atoms with van der Waals surface area (Å²) in [5.74, 6) is 0.106. The number of nitrogens with two attached hydrogens (primary N) is 1. The quantitative estimate of drug-likeness (QED) is 0.640. The van der Waals surface area contributed by atoms with E-state index in [2.05, 4.69) is 34.1 Å². The smallest absolute Gasteiger partial charge is 0.123 e. The molecule has 0 saturated carbocycles. The van der Waals surface area contributed by atoms with Crippen molar-refractivity contribution >= 4 is 33.5 Å². The molecule has 0 aromatic heterocycles. The first kappa shape index (κ1) is 13.7. The van der Waals surface area contributed by atoms with Gasteiger partial charge in [0.25, 0.3) is 0 Å². The zero-order valence-electron chi connectivity index (χ0n) is 10.9. The van der Waals surface area contributed by atoms with Crippen molar-refractivity contribution in [1.82, 2.24) is 0 Å². The van der Waals surface area contributed by atoms with Gasteiger partial charge in [-0.25, -0.2) is 0 Å². The van der Waals surface area contributed by atoms with Gasteiger partial charge in [-0.05, 0) is 60.7 Å². The monoisotopic (exact) mass is 346 g/mol. The summed E-state index contributed by atoms with van der Waals surface area (Å²) >= 11 is 5.10. The van der Waals surface area contributed by atoms with Crippen molar-refractivity contribution in [1.29, 1.82) is 5.41 Å². The van der Waals surface area contributed by atoms with E-state index in [1.165, 1.54) is 35.3 Å². The molecule has 2 aromatic rings. The Morgan fingerprint density at radius 2 is 1.90 bits per heavy atom. The summed E-state index contributed by atoms with van der Waals surface area (Å²) in [7, 11) is 0. The molecule has 0 atom stereocenters. The molecule has 0 aliphatic heterocycles. The molecule has 3 rings (SSSR count). The van der Waals surface area contributed by atoms with Crippen molar-refractivity contribution in [2.75, 3.05) is 0 Å². The largest absolute Gasteiger partial charge is 0.384 e. The summed E-state index contributed by atoms with van der Waals surface area (Å²) in [6, 6.07) is 12.6. The molecule has 0 radical (unpaired) electrons. The molecular formula is C16H15BrN2S. The summed E-state index contributed by atoms with van der Waals surface area (Å²) in [6.07, 6.45) is 3.65. The Labute approximate surface area is 131 Å². The lowest BCUT2D eigenvalue weighted by Gasteiger charge is -2.09. The van der Waals surface area contributed by atoms with Gasteiger partial charge in [-0.1, -0.05) is 33.8 Å². The highest BCUT2D eigenvalue weighted by Crippen LogP contribution is 2.34. The number of halogens is 1. The number of aryl methyl sites for hydroxylation is 2. The van der Waals surface area contributed by atoms with E-state index >= 15 is 0 Å². The molecule has 0 fully saturated rings. The van der Waals surface area contributed by atoms with Crippen LogP contribution in [0.2, 0.25) is 0 Å². The van der Waals surface area contributed by atoms with Gasteiger partial charge in [0, 0.05) is 19.8 Å². The lowest BCUT2D eigenvalue weighted by atomic mass is 10.1. The summed E-state index contributed by atoms with van der Waals surface area (Å²) in [6.45, 7) is 0. The third-order valence-corrected chi connectivity index (χ3v) is 5.09.